The molecular formula is C19H21F2N3O3. The van der Waals surface area contributed by atoms with E-state index in [0.717, 1.165) is 0 Å². The maximum absolute atomic E-state index is 12.4. The van der Waals surface area contributed by atoms with E-state index in [9.17, 15) is 18.4 Å². The number of halogens is 2. The minimum atomic E-state index is -2.91. The van der Waals surface area contributed by atoms with Crippen LogP contribution in [0.2, 0.25) is 0 Å². The summed E-state index contributed by atoms with van der Waals surface area (Å²) in [7, 11) is 0. The lowest BCUT2D eigenvalue weighted by molar-refractivity contribution is -0.118. The Morgan fingerprint density at radius 3 is 2.59 bits per heavy atom. The first-order valence-electron chi connectivity index (χ1n) is 8.36. The van der Waals surface area contributed by atoms with Crippen molar-refractivity contribution in [2.24, 2.45) is 5.92 Å². The molecule has 1 aromatic carbocycles. The van der Waals surface area contributed by atoms with Gasteiger partial charge in [-0.15, -0.1) is 0 Å². The molecule has 2 aromatic rings. The summed E-state index contributed by atoms with van der Waals surface area (Å²) in [6.07, 6.45) is 0. The number of carbonyl (C=O) groups excluding carboxylic acids is 2. The van der Waals surface area contributed by atoms with Gasteiger partial charge in [-0.3, -0.25) is 9.59 Å². The van der Waals surface area contributed by atoms with Gasteiger partial charge in [-0.05, 0) is 36.8 Å². The summed E-state index contributed by atoms with van der Waals surface area (Å²) in [6.45, 7) is 2.45. The lowest BCUT2D eigenvalue weighted by Crippen LogP contribution is -2.24. The number of anilines is 1. The molecule has 1 aromatic heterocycles. The van der Waals surface area contributed by atoms with Crippen molar-refractivity contribution in [1.29, 1.82) is 0 Å². The number of amides is 2. The van der Waals surface area contributed by atoms with Crippen molar-refractivity contribution < 1.29 is 23.1 Å². The Morgan fingerprint density at radius 2 is 1.93 bits per heavy atom. The molecule has 27 heavy (non-hydrogen) atoms. The van der Waals surface area contributed by atoms with Crippen LogP contribution in [-0.4, -0.2) is 23.4 Å². The van der Waals surface area contributed by atoms with Crippen molar-refractivity contribution >= 4 is 17.6 Å². The molecule has 0 aliphatic heterocycles. The molecule has 0 saturated heterocycles. The van der Waals surface area contributed by atoms with Gasteiger partial charge in [-0.2, -0.15) is 8.78 Å². The first-order valence-corrected chi connectivity index (χ1v) is 8.36. The monoisotopic (exact) mass is 377 g/mol. The van der Waals surface area contributed by atoms with E-state index in [2.05, 4.69) is 20.4 Å². The Kier molecular flexibility index (Phi) is 6.81. The number of hydrogen-bond acceptors (Lipinski definition) is 4. The molecule has 0 aliphatic carbocycles. The highest BCUT2D eigenvalue weighted by molar-refractivity contribution is 5.97. The molecule has 6 nitrogen and oxygen atoms in total. The smallest absolute Gasteiger partial charge is 0.387 e. The number of nitrogens with zero attached hydrogens (tertiary/aromatic N) is 1. The van der Waals surface area contributed by atoms with Gasteiger partial charge in [-0.1, -0.05) is 26.0 Å². The molecule has 0 aliphatic rings. The second kappa shape index (κ2) is 9.07. The fourth-order valence-electron chi connectivity index (χ4n) is 2.25. The largest absolute Gasteiger partial charge is 0.435 e. The molecule has 0 saturated carbocycles. The minimum absolute atomic E-state index is 0.0233. The molecule has 144 valence electrons. The Hall–Kier alpha value is -3.03. The molecule has 0 atom stereocenters. The quantitative estimate of drug-likeness (QED) is 0.774. The average molecular weight is 377 g/mol. The average Bonchev–Trinajstić information content (AvgIpc) is 2.58. The van der Waals surface area contributed by atoms with Gasteiger partial charge in [0.05, 0.1) is 0 Å². The van der Waals surface area contributed by atoms with Crippen molar-refractivity contribution in [3.63, 3.8) is 0 Å². The van der Waals surface area contributed by atoms with E-state index in [4.69, 9.17) is 0 Å². The molecule has 2 amide bonds. The van der Waals surface area contributed by atoms with Gasteiger partial charge in [-0.25, -0.2) is 4.98 Å². The third kappa shape index (κ3) is 6.32. The lowest BCUT2D eigenvalue weighted by Gasteiger charge is -2.11. The number of carbonyl (C=O) groups is 2. The Morgan fingerprint density at radius 1 is 1.19 bits per heavy atom. The minimum Gasteiger partial charge on any atom is -0.435 e. The highest BCUT2D eigenvalue weighted by Crippen LogP contribution is 2.16. The molecule has 0 radical (unpaired) electrons. The highest BCUT2D eigenvalue weighted by atomic mass is 19.3. The number of pyridine rings is 1. The molecule has 2 N–H and O–H groups in total. The first kappa shape index (κ1) is 20.3. The topological polar surface area (TPSA) is 80.3 Å². The molecule has 2 rings (SSSR count). The zero-order valence-corrected chi connectivity index (χ0v) is 15.3. The maximum Gasteiger partial charge on any atom is 0.387 e. The number of aryl methyl sites for hydroxylation is 1. The van der Waals surface area contributed by atoms with Crippen LogP contribution in [0.15, 0.2) is 36.4 Å². The number of nitrogens with one attached hydrogen (secondary N) is 2. The van der Waals surface area contributed by atoms with Crippen LogP contribution in [-0.2, 0) is 11.3 Å². The number of ether oxygens (including phenoxy) is 1. The maximum atomic E-state index is 12.4. The third-order valence-electron chi connectivity index (χ3n) is 3.57. The molecule has 0 fully saturated rings. The van der Waals surface area contributed by atoms with Crippen LogP contribution in [0, 0.1) is 12.8 Å². The van der Waals surface area contributed by atoms with Gasteiger partial charge in [0.1, 0.15) is 11.6 Å². The van der Waals surface area contributed by atoms with Crippen LogP contribution in [0.3, 0.4) is 0 Å². The van der Waals surface area contributed by atoms with Crippen LogP contribution < -0.4 is 15.4 Å². The Bertz CT molecular complexity index is 826. The number of alkyl halides is 2. The van der Waals surface area contributed by atoms with E-state index in [1.165, 1.54) is 18.2 Å². The van der Waals surface area contributed by atoms with Crippen molar-refractivity contribution in [3.8, 4) is 5.75 Å². The van der Waals surface area contributed by atoms with Crippen LogP contribution in [0.5, 0.6) is 5.75 Å². The van der Waals surface area contributed by atoms with Crippen molar-refractivity contribution in [3.05, 3.63) is 53.2 Å². The summed E-state index contributed by atoms with van der Waals surface area (Å²) >= 11 is 0. The van der Waals surface area contributed by atoms with Crippen molar-refractivity contribution in [2.45, 2.75) is 33.9 Å². The number of aromatic nitrogens is 1. The molecule has 0 bridgehead atoms. The summed E-state index contributed by atoms with van der Waals surface area (Å²) in [5.74, 6) is -0.468. The summed E-state index contributed by atoms with van der Waals surface area (Å²) < 4.78 is 28.9. The standard InChI is InChI=1S/C19H21F2N3O3/c1-11(2)17(25)24-16-9-14(7-12(3)23-16)18(26)22-10-13-5-4-6-15(8-13)27-19(20)21/h4-9,11,19H,10H2,1-3H3,(H,22,26)(H,23,24,25). The number of benzene rings is 1. The van der Waals surface area contributed by atoms with Crippen LogP contribution in [0.4, 0.5) is 14.6 Å². The predicted octanol–water partition coefficient (Wildman–Crippen LogP) is 3.52. The van der Waals surface area contributed by atoms with Gasteiger partial charge in [0.2, 0.25) is 5.91 Å². The van der Waals surface area contributed by atoms with E-state index in [1.54, 1.807) is 39.0 Å². The van der Waals surface area contributed by atoms with Crippen LogP contribution in [0.1, 0.15) is 35.5 Å². The molecular weight excluding hydrogens is 356 g/mol. The fraction of sp³-hybridized carbons (Fsp3) is 0.316. The SMILES string of the molecule is Cc1cc(C(=O)NCc2cccc(OC(F)F)c2)cc(NC(=O)C(C)C)n1. The number of rotatable bonds is 7. The zero-order valence-electron chi connectivity index (χ0n) is 15.3. The highest BCUT2D eigenvalue weighted by Gasteiger charge is 2.12. The van der Waals surface area contributed by atoms with Gasteiger partial charge in [0.15, 0.2) is 0 Å². The second-order valence-corrected chi connectivity index (χ2v) is 6.23. The Balaban J connectivity index is 2.05. The summed E-state index contributed by atoms with van der Waals surface area (Å²) in [5.41, 5.74) is 1.52. The normalized spacial score (nSPS) is 10.8. The van der Waals surface area contributed by atoms with Gasteiger partial charge >= 0.3 is 6.61 Å². The summed E-state index contributed by atoms with van der Waals surface area (Å²) in [5, 5.41) is 5.36. The van der Waals surface area contributed by atoms with Crippen LogP contribution >= 0.6 is 0 Å². The summed E-state index contributed by atoms with van der Waals surface area (Å²) in [4.78, 5) is 28.4. The van der Waals surface area contributed by atoms with Gasteiger partial charge in [0.25, 0.3) is 5.91 Å². The van der Waals surface area contributed by atoms with Crippen LogP contribution in [0.25, 0.3) is 0 Å². The molecule has 0 spiro atoms. The van der Waals surface area contributed by atoms with E-state index in [0.29, 0.717) is 22.6 Å². The fourth-order valence-corrected chi connectivity index (χ4v) is 2.25. The summed E-state index contributed by atoms with van der Waals surface area (Å²) in [6, 6.07) is 9.17. The first-order chi connectivity index (χ1) is 12.7. The number of hydrogen-bond donors (Lipinski definition) is 2. The molecule has 8 heteroatoms. The van der Waals surface area contributed by atoms with E-state index >= 15 is 0 Å². The van der Waals surface area contributed by atoms with Crippen molar-refractivity contribution in [1.82, 2.24) is 10.3 Å². The van der Waals surface area contributed by atoms with E-state index in [-0.39, 0.29) is 30.0 Å². The zero-order chi connectivity index (χ0) is 20.0. The van der Waals surface area contributed by atoms with E-state index in [1.807, 2.05) is 0 Å². The predicted molar refractivity (Wildman–Crippen MR) is 96.7 cm³/mol. The third-order valence-corrected chi connectivity index (χ3v) is 3.57. The Labute approximate surface area is 155 Å². The van der Waals surface area contributed by atoms with Gasteiger partial charge in [0, 0.05) is 23.7 Å². The molecule has 1 heterocycles. The van der Waals surface area contributed by atoms with Gasteiger partial charge < -0.3 is 15.4 Å². The lowest BCUT2D eigenvalue weighted by atomic mass is 10.1. The van der Waals surface area contributed by atoms with E-state index < -0.39 is 6.61 Å². The molecule has 0 unspecified atom stereocenters. The van der Waals surface area contributed by atoms with Crippen molar-refractivity contribution in [2.75, 3.05) is 5.32 Å². The second-order valence-electron chi connectivity index (χ2n) is 6.23.